The molecule has 0 aliphatic carbocycles. The summed E-state index contributed by atoms with van der Waals surface area (Å²) in [6.45, 7) is 4.12. The molecular weight excluding hydrogens is 205 g/mol. The number of hydrogen-bond acceptors (Lipinski definition) is 3. The zero-order valence-corrected chi connectivity index (χ0v) is 10.1. The molecule has 1 aromatic heterocycles. The third-order valence-electron chi connectivity index (χ3n) is 2.33. The molecule has 2 heterocycles. The summed E-state index contributed by atoms with van der Waals surface area (Å²) in [7, 11) is 2.71. The predicted octanol–water partition coefficient (Wildman–Crippen LogP) is 1.00. The highest BCUT2D eigenvalue weighted by Crippen LogP contribution is 2.20. The maximum Gasteiger partial charge on any atom is 0.103 e. The maximum atomic E-state index is 4.60. The number of hydrogen-bond donors (Lipinski definition) is 0. The van der Waals surface area contributed by atoms with E-state index in [2.05, 4.69) is 31.1 Å². The van der Waals surface area contributed by atoms with Crippen LogP contribution in [0.25, 0.3) is 0 Å². The largest absolute Gasteiger partial charge is 0.267 e. The zero-order chi connectivity index (χ0) is 10.9. The van der Waals surface area contributed by atoms with Gasteiger partial charge in [-0.1, -0.05) is 6.92 Å². The molecule has 78 valence electrons. The Balaban J connectivity index is 2.78. The lowest BCUT2D eigenvalue weighted by molar-refractivity contribution is 0.812. The van der Waals surface area contributed by atoms with E-state index in [9.17, 15) is 0 Å². The van der Waals surface area contributed by atoms with Gasteiger partial charge in [0.25, 0.3) is 0 Å². The van der Waals surface area contributed by atoms with Crippen molar-refractivity contribution >= 4 is 9.24 Å². The Morgan fingerprint density at radius 2 is 2.20 bits per heavy atom. The molecule has 15 heavy (non-hydrogen) atoms. The van der Waals surface area contributed by atoms with Gasteiger partial charge in [-0.3, -0.25) is 15.0 Å². The Kier molecular flexibility index (Phi) is 2.66. The third kappa shape index (κ3) is 2.13. The summed E-state index contributed by atoms with van der Waals surface area (Å²) in [6.07, 6.45) is 8.35. The average Bonchev–Trinajstić information content (AvgIpc) is 2.33. The standard InChI is InChI=1S/C11H14N3P/c1-3-8-6-12-7-9-10(8)13-5-4-11(2,15)14-9/h4-7H,3,15H2,1-2H3. The topological polar surface area (TPSA) is 37.6 Å². The molecule has 0 bridgehead atoms. The van der Waals surface area contributed by atoms with Gasteiger partial charge < -0.3 is 0 Å². The molecule has 1 aromatic rings. The Labute approximate surface area is 91.3 Å². The van der Waals surface area contributed by atoms with Crippen LogP contribution in [-0.4, -0.2) is 10.3 Å². The van der Waals surface area contributed by atoms with E-state index in [1.165, 1.54) is 0 Å². The second-order valence-corrected chi connectivity index (χ2v) is 4.97. The van der Waals surface area contributed by atoms with Gasteiger partial charge in [0.05, 0.1) is 16.8 Å². The summed E-state index contributed by atoms with van der Waals surface area (Å²) >= 11 is 0. The number of pyridine rings is 1. The van der Waals surface area contributed by atoms with Crippen molar-refractivity contribution in [1.29, 1.82) is 0 Å². The molecule has 0 saturated carbocycles. The lowest BCUT2D eigenvalue weighted by Crippen LogP contribution is -2.31. The van der Waals surface area contributed by atoms with Gasteiger partial charge in [0.15, 0.2) is 0 Å². The van der Waals surface area contributed by atoms with Crippen LogP contribution in [-0.2, 0) is 6.42 Å². The molecule has 4 heteroatoms. The van der Waals surface area contributed by atoms with E-state index in [1.807, 2.05) is 25.4 Å². The second-order valence-electron chi connectivity index (χ2n) is 3.80. The lowest BCUT2D eigenvalue weighted by Gasteiger charge is -2.11. The van der Waals surface area contributed by atoms with Gasteiger partial charge in [-0.15, -0.1) is 9.24 Å². The number of aromatic nitrogens is 1. The monoisotopic (exact) mass is 219 g/mol. The number of aryl methyl sites for hydroxylation is 1. The Morgan fingerprint density at radius 3 is 2.93 bits per heavy atom. The summed E-state index contributed by atoms with van der Waals surface area (Å²) in [4.78, 5) is 13.2. The van der Waals surface area contributed by atoms with Gasteiger partial charge in [-0.25, -0.2) is 0 Å². The predicted molar refractivity (Wildman–Crippen MR) is 63.2 cm³/mol. The van der Waals surface area contributed by atoms with Gasteiger partial charge in [-0.05, 0) is 25.0 Å². The van der Waals surface area contributed by atoms with Crippen LogP contribution in [0.5, 0.6) is 0 Å². The summed E-state index contributed by atoms with van der Waals surface area (Å²) < 4.78 is 0. The zero-order valence-electron chi connectivity index (χ0n) is 8.94. The van der Waals surface area contributed by atoms with Crippen LogP contribution in [0.3, 0.4) is 0 Å². The minimum Gasteiger partial charge on any atom is -0.267 e. The molecule has 0 saturated heterocycles. The lowest BCUT2D eigenvalue weighted by atomic mass is 10.2. The fourth-order valence-corrected chi connectivity index (χ4v) is 1.76. The van der Waals surface area contributed by atoms with Crippen molar-refractivity contribution in [1.82, 2.24) is 4.98 Å². The first-order chi connectivity index (χ1) is 7.12. The van der Waals surface area contributed by atoms with E-state index in [0.717, 1.165) is 22.7 Å². The van der Waals surface area contributed by atoms with Crippen LogP contribution in [0.1, 0.15) is 19.4 Å². The molecule has 0 spiro atoms. The molecule has 0 radical (unpaired) electrons. The van der Waals surface area contributed by atoms with Crippen LogP contribution >= 0.6 is 9.24 Å². The van der Waals surface area contributed by atoms with Crippen molar-refractivity contribution in [3.63, 3.8) is 0 Å². The molecule has 0 aromatic carbocycles. The molecule has 2 rings (SSSR count). The molecule has 2 unspecified atom stereocenters. The molecule has 3 nitrogen and oxygen atoms in total. The minimum atomic E-state index is -0.275. The highest BCUT2D eigenvalue weighted by Gasteiger charge is 2.13. The van der Waals surface area contributed by atoms with Crippen LogP contribution in [0, 0.1) is 0 Å². The average molecular weight is 219 g/mol. The van der Waals surface area contributed by atoms with Gasteiger partial charge in [0.2, 0.25) is 0 Å². The number of nitrogens with zero attached hydrogens (tertiary/aromatic N) is 3. The molecule has 0 amide bonds. The van der Waals surface area contributed by atoms with E-state index in [1.54, 1.807) is 6.20 Å². The summed E-state index contributed by atoms with van der Waals surface area (Å²) in [6, 6.07) is 0. The summed E-state index contributed by atoms with van der Waals surface area (Å²) in [5.74, 6) is 0. The quantitative estimate of drug-likeness (QED) is 0.649. The van der Waals surface area contributed by atoms with Crippen molar-refractivity contribution in [3.8, 4) is 0 Å². The van der Waals surface area contributed by atoms with Gasteiger partial charge in [-0.2, -0.15) is 0 Å². The van der Waals surface area contributed by atoms with Crippen LogP contribution < -0.4 is 10.7 Å². The number of rotatable bonds is 1. The molecule has 1 aliphatic rings. The number of fused-ring (bicyclic) bond motifs is 1. The first-order valence-corrected chi connectivity index (χ1v) is 5.57. The molecule has 2 atom stereocenters. The van der Waals surface area contributed by atoms with Crippen molar-refractivity contribution in [2.24, 2.45) is 9.98 Å². The summed E-state index contributed by atoms with van der Waals surface area (Å²) in [5.41, 5.74) is 1.14. The van der Waals surface area contributed by atoms with Crippen molar-refractivity contribution < 1.29 is 0 Å². The van der Waals surface area contributed by atoms with Crippen LogP contribution in [0.2, 0.25) is 0 Å². The fraction of sp³-hybridized carbons (Fsp3) is 0.364. The smallest absolute Gasteiger partial charge is 0.103 e. The SMILES string of the molecule is CCc1cncc2c1=NC=CC(C)(P)N=2. The molecule has 1 aliphatic heterocycles. The van der Waals surface area contributed by atoms with Gasteiger partial charge in [0.1, 0.15) is 5.36 Å². The Morgan fingerprint density at radius 1 is 1.40 bits per heavy atom. The van der Waals surface area contributed by atoms with E-state index >= 15 is 0 Å². The van der Waals surface area contributed by atoms with E-state index in [-0.39, 0.29) is 5.28 Å². The van der Waals surface area contributed by atoms with Crippen LogP contribution in [0.15, 0.2) is 34.7 Å². The summed E-state index contributed by atoms with van der Waals surface area (Å²) in [5, 5.41) is 1.55. The molecule has 0 fully saturated rings. The molecule has 0 N–H and O–H groups in total. The van der Waals surface area contributed by atoms with Crippen molar-refractivity contribution in [2.75, 3.05) is 0 Å². The maximum absolute atomic E-state index is 4.60. The first-order valence-electron chi connectivity index (χ1n) is 4.99. The van der Waals surface area contributed by atoms with Crippen molar-refractivity contribution in [2.45, 2.75) is 25.5 Å². The Bertz CT molecular complexity index is 517. The van der Waals surface area contributed by atoms with E-state index < -0.39 is 0 Å². The van der Waals surface area contributed by atoms with Crippen molar-refractivity contribution in [3.05, 3.63) is 40.9 Å². The minimum absolute atomic E-state index is 0.275. The highest BCUT2D eigenvalue weighted by molar-refractivity contribution is 7.19. The Hall–Kier alpha value is -1.08. The first kappa shape index (κ1) is 10.4. The third-order valence-corrected chi connectivity index (χ3v) is 2.65. The van der Waals surface area contributed by atoms with Gasteiger partial charge in [0, 0.05) is 12.4 Å². The van der Waals surface area contributed by atoms with Gasteiger partial charge >= 0.3 is 0 Å². The molecular formula is C11H14N3P. The van der Waals surface area contributed by atoms with E-state index in [4.69, 9.17) is 0 Å². The highest BCUT2D eigenvalue weighted by atomic mass is 31.0. The fourth-order valence-electron chi connectivity index (χ4n) is 1.53. The van der Waals surface area contributed by atoms with E-state index in [0.29, 0.717) is 0 Å². The van der Waals surface area contributed by atoms with Crippen LogP contribution in [0.4, 0.5) is 0 Å². The normalized spacial score (nSPS) is 23.7. The second kappa shape index (κ2) is 3.82.